The predicted octanol–water partition coefficient (Wildman–Crippen LogP) is 1.32. The molecule has 0 bridgehead atoms. The van der Waals surface area contributed by atoms with Gasteiger partial charge in [0, 0.05) is 0 Å². The van der Waals surface area contributed by atoms with Crippen molar-refractivity contribution < 1.29 is 21.9 Å². The molecule has 3 N–H and O–H groups in total. The second-order valence-corrected chi connectivity index (χ2v) is 5.45. The van der Waals surface area contributed by atoms with Gasteiger partial charge in [0.25, 0.3) is 0 Å². The SMILES string of the molecule is NC(=S)CS(=O)(=O)Nc1ccccc1OC(F)F. The summed E-state index contributed by atoms with van der Waals surface area (Å²) in [7, 11) is -3.83. The second-order valence-electron chi connectivity index (χ2n) is 3.20. The quantitative estimate of drug-likeness (QED) is 0.774. The summed E-state index contributed by atoms with van der Waals surface area (Å²) in [4.78, 5) is -0.227. The molecule has 18 heavy (non-hydrogen) atoms. The molecule has 0 heterocycles. The summed E-state index contributed by atoms with van der Waals surface area (Å²) in [6.07, 6.45) is 0. The van der Waals surface area contributed by atoms with Crippen LogP contribution in [0.2, 0.25) is 0 Å². The molecular formula is C9H10F2N2O3S2. The van der Waals surface area contributed by atoms with Crippen LogP contribution in [0.15, 0.2) is 24.3 Å². The lowest BCUT2D eigenvalue weighted by Gasteiger charge is -2.12. The first-order valence-electron chi connectivity index (χ1n) is 4.63. The average molecular weight is 296 g/mol. The Morgan fingerprint density at radius 3 is 2.61 bits per heavy atom. The van der Waals surface area contributed by atoms with Crippen LogP contribution in [0.5, 0.6) is 5.75 Å². The Labute approximate surface area is 108 Å². The number of anilines is 1. The zero-order valence-corrected chi connectivity index (χ0v) is 10.6. The Bertz CT molecular complexity index is 534. The maximum atomic E-state index is 12.1. The predicted molar refractivity (Wildman–Crippen MR) is 67.3 cm³/mol. The van der Waals surface area contributed by atoms with Gasteiger partial charge in [-0.25, -0.2) is 8.42 Å². The molecule has 1 rings (SSSR count). The van der Waals surface area contributed by atoms with Gasteiger partial charge in [-0.3, -0.25) is 4.72 Å². The highest BCUT2D eigenvalue weighted by Crippen LogP contribution is 2.26. The molecule has 0 atom stereocenters. The Morgan fingerprint density at radius 1 is 1.44 bits per heavy atom. The molecule has 0 aliphatic rings. The van der Waals surface area contributed by atoms with E-state index in [9.17, 15) is 17.2 Å². The lowest BCUT2D eigenvalue weighted by Crippen LogP contribution is -2.26. The summed E-state index contributed by atoms with van der Waals surface area (Å²) in [5.41, 5.74) is 5.01. The van der Waals surface area contributed by atoms with E-state index in [1.54, 1.807) is 0 Å². The minimum atomic E-state index is -3.83. The van der Waals surface area contributed by atoms with Crippen LogP contribution in [0.4, 0.5) is 14.5 Å². The standard InChI is InChI=1S/C9H10F2N2O3S2/c10-9(11)16-7-4-2-1-3-6(7)13-18(14,15)5-8(12)17/h1-4,9,13H,5H2,(H2,12,17). The van der Waals surface area contributed by atoms with E-state index in [1.807, 2.05) is 0 Å². The summed E-state index contributed by atoms with van der Waals surface area (Å²) < 4.78 is 53.5. The molecule has 0 radical (unpaired) electrons. The molecule has 0 unspecified atom stereocenters. The van der Waals surface area contributed by atoms with Crippen LogP contribution in [0.25, 0.3) is 0 Å². The highest BCUT2D eigenvalue weighted by Gasteiger charge is 2.16. The number of rotatable bonds is 6. The summed E-state index contributed by atoms with van der Waals surface area (Å²) in [5.74, 6) is -0.857. The fourth-order valence-electron chi connectivity index (χ4n) is 1.14. The highest BCUT2D eigenvalue weighted by molar-refractivity contribution is 7.95. The van der Waals surface area contributed by atoms with Crippen molar-refractivity contribution in [3.8, 4) is 5.75 Å². The first-order valence-corrected chi connectivity index (χ1v) is 6.69. The van der Waals surface area contributed by atoms with Crippen molar-refractivity contribution in [2.24, 2.45) is 5.73 Å². The third kappa shape index (κ3) is 4.80. The minimum absolute atomic E-state index is 0.103. The third-order valence-electron chi connectivity index (χ3n) is 1.70. The molecule has 9 heteroatoms. The number of nitrogens with two attached hydrogens (primary N) is 1. The Kier molecular flexibility index (Phi) is 4.79. The van der Waals surface area contributed by atoms with E-state index < -0.39 is 22.4 Å². The fraction of sp³-hybridized carbons (Fsp3) is 0.222. The Hall–Kier alpha value is -1.48. The topological polar surface area (TPSA) is 81.4 Å². The second kappa shape index (κ2) is 5.91. The largest absolute Gasteiger partial charge is 0.433 e. The number of para-hydroxylation sites is 2. The number of hydrogen-bond acceptors (Lipinski definition) is 4. The van der Waals surface area contributed by atoms with Gasteiger partial charge in [0.15, 0.2) is 0 Å². The van der Waals surface area contributed by atoms with E-state index in [4.69, 9.17) is 5.73 Å². The number of sulfonamides is 1. The van der Waals surface area contributed by atoms with Gasteiger partial charge >= 0.3 is 6.61 Å². The summed E-state index contributed by atoms with van der Waals surface area (Å²) >= 11 is 4.47. The van der Waals surface area contributed by atoms with Crippen molar-refractivity contribution in [2.45, 2.75) is 6.61 Å². The molecule has 1 aromatic carbocycles. The molecule has 5 nitrogen and oxygen atoms in total. The summed E-state index contributed by atoms with van der Waals surface area (Å²) in [6.45, 7) is -3.05. The molecule has 0 spiro atoms. The van der Waals surface area contributed by atoms with Crippen molar-refractivity contribution in [2.75, 3.05) is 10.5 Å². The van der Waals surface area contributed by atoms with Crippen molar-refractivity contribution in [1.29, 1.82) is 0 Å². The summed E-state index contributed by atoms with van der Waals surface area (Å²) in [6, 6.07) is 5.40. The lowest BCUT2D eigenvalue weighted by molar-refractivity contribution is -0.0493. The van der Waals surface area contributed by atoms with E-state index in [2.05, 4.69) is 21.7 Å². The average Bonchev–Trinajstić information content (AvgIpc) is 2.17. The molecule has 0 saturated carbocycles. The Balaban J connectivity index is 2.93. The molecule has 0 aromatic heterocycles. The van der Waals surface area contributed by atoms with Crippen LogP contribution in [0, 0.1) is 0 Å². The van der Waals surface area contributed by atoms with Crippen LogP contribution in [0.1, 0.15) is 0 Å². The van der Waals surface area contributed by atoms with Gasteiger partial charge in [0.2, 0.25) is 10.0 Å². The number of nitrogens with one attached hydrogen (secondary N) is 1. The lowest BCUT2D eigenvalue weighted by atomic mass is 10.3. The van der Waals surface area contributed by atoms with Gasteiger partial charge in [0.1, 0.15) is 11.5 Å². The number of hydrogen-bond donors (Lipinski definition) is 2. The van der Waals surface area contributed by atoms with Crippen molar-refractivity contribution >= 4 is 32.9 Å². The van der Waals surface area contributed by atoms with E-state index in [0.29, 0.717) is 0 Å². The van der Waals surface area contributed by atoms with Gasteiger partial charge in [-0.2, -0.15) is 8.78 Å². The van der Waals surface area contributed by atoms with Crippen LogP contribution < -0.4 is 15.2 Å². The number of ether oxygens (including phenoxy) is 1. The zero-order chi connectivity index (χ0) is 13.8. The molecular weight excluding hydrogens is 286 g/mol. The maximum absolute atomic E-state index is 12.1. The number of benzene rings is 1. The van der Waals surface area contributed by atoms with Crippen LogP contribution in [0.3, 0.4) is 0 Å². The van der Waals surface area contributed by atoms with Crippen molar-refractivity contribution in [3.63, 3.8) is 0 Å². The number of thiocarbonyl (C=S) groups is 1. The first kappa shape index (κ1) is 14.6. The van der Waals surface area contributed by atoms with Crippen LogP contribution >= 0.6 is 12.2 Å². The maximum Gasteiger partial charge on any atom is 0.387 e. The smallest absolute Gasteiger partial charge is 0.387 e. The van der Waals surface area contributed by atoms with Crippen molar-refractivity contribution in [3.05, 3.63) is 24.3 Å². The first-order chi connectivity index (χ1) is 8.30. The Morgan fingerprint density at radius 2 is 2.06 bits per heavy atom. The molecule has 0 amide bonds. The van der Waals surface area contributed by atoms with E-state index in [-0.39, 0.29) is 16.4 Å². The van der Waals surface area contributed by atoms with E-state index >= 15 is 0 Å². The third-order valence-corrected chi connectivity index (χ3v) is 3.25. The van der Waals surface area contributed by atoms with Gasteiger partial charge in [-0.05, 0) is 12.1 Å². The monoisotopic (exact) mass is 296 g/mol. The molecule has 0 fully saturated rings. The normalized spacial score (nSPS) is 11.3. The van der Waals surface area contributed by atoms with Crippen LogP contribution in [-0.4, -0.2) is 25.8 Å². The zero-order valence-electron chi connectivity index (χ0n) is 8.97. The highest BCUT2D eigenvalue weighted by atomic mass is 32.2. The van der Waals surface area contributed by atoms with Gasteiger partial charge < -0.3 is 10.5 Å². The number of alkyl halides is 2. The molecule has 0 saturated heterocycles. The molecule has 1 aromatic rings. The molecule has 100 valence electrons. The van der Waals surface area contributed by atoms with Gasteiger partial charge in [-0.1, -0.05) is 24.4 Å². The van der Waals surface area contributed by atoms with Crippen LogP contribution in [-0.2, 0) is 10.0 Å². The van der Waals surface area contributed by atoms with Crippen molar-refractivity contribution in [1.82, 2.24) is 0 Å². The molecule has 0 aliphatic heterocycles. The summed E-state index contributed by atoms with van der Waals surface area (Å²) in [5, 5.41) is 0. The van der Waals surface area contributed by atoms with Gasteiger partial charge in [0.05, 0.1) is 10.7 Å². The minimum Gasteiger partial charge on any atom is -0.433 e. The van der Waals surface area contributed by atoms with E-state index in [0.717, 1.165) is 0 Å². The number of halogens is 2. The fourth-order valence-corrected chi connectivity index (χ4v) is 2.56. The van der Waals surface area contributed by atoms with Gasteiger partial charge in [-0.15, -0.1) is 0 Å². The van der Waals surface area contributed by atoms with E-state index in [1.165, 1.54) is 24.3 Å². The molecule has 0 aliphatic carbocycles.